The first-order valence-corrected chi connectivity index (χ1v) is 5.17. The molecule has 0 saturated carbocycles. The number of carboxylic acids is 1. The average molecular weight is 208 g/mol. The Morgan fingerprint density at radius 1 is 1.47 bits per heavy atom. The summed E-state index contributed by atoms with van der Waals surface area (Å²) in [7, 11) is 0. The molecule has 0 amide bonds. The number of hydrogen-bond acceptors (Lipinski definition) is 3. The van der Waals surface area contributed by atoms with Crippen LogP contribution in [0.2, 0.25) is 0 Å². The second kappa shape index (κ2) is 5.44. The van der Waals surface area contributed by atoms with E-state index in [0.717, 1.165) is 23.6 Å². The van der Waals surface area contributed by atoms with E-state index in [4.69, 9.17) is 5.11 Å². The lowest BCUT2D eigenvalue weighted by Crippen LogP contribution is -2.03. The Hall–Kier alpha value is -1.45. The maximum atomic E-state index is 10.3. The summed E-state index contributed by atoms with van der Waals surface area (Å²) >= 11 is 0. The van der Waals surface area contributed by atoms with Crippen molar-refractivity contribution < 1.29 is 9.90 Å². The molecule has 0 unspecified atom stereocenters. The molecule has 0 atom stereocenters. The maximum absolute atomic E-state index is 10.3. The predicted molar refractivity (Wildman–Crippen MR) is 56.7 cm³/mol. The van der Waals surface area contributed by atoms with Gasteiger partial charge in [-0.2, -0.15) is 0 Å². The van der Waals surface area contributed by atoms with Crippen LogP contribution in [0, 0.1) is 6.92 Å². The SMILES string of the molecule is CCc1cc(C)nc(CCCC(=O)O)n1. The quantitative estimate of drug-likeness (QED) is 0.800. The lowest BCUT2D eigenvalue weighted by atomic mass is 10.2. The molecule has 82 valence electrons. The first kappa shape index (κ1) is 11.6. The van der Waals surface area contributed by atoms with E-state index in [2.05, 4.69) is 9.97 Å². The highest BCUT2D eigenvalue weighted by atomic mass is 16.4. The van der Waals surface area contributed by atoms with E-state index >= 15 is 0 Å². The van der Waals surface area contributed by atoms with Crippen LogP contribution in [0.5, 0.6) is 0 Å². The van der Waals surface area contributed by atoms with Gasteiger partial charge < -0.3 is 5.11 Å². The Morgan fingerprint density at radius 3 is 2.80 bits per heavy atom. The second-order valence-corrected chi connectivity index (χ2v) is 3.52. The predicted octanol–water partition coefficient (Wildman–Crippen LogP) is 1.75. The number of aliphatic carboxylic acids is 1. The van der Waals surface area contributed by atoms with Crippen LogP contribution in [-0.4, -0.2) is 21.0 Å². The van der Waals surface area contributed by atoms with Crippen LogP contribution in [-0.2, 0) is 17.6 Å². The van der Waals surface area contributed by atoms with Crippen LogP contribution in [0.3, 0.4) is 0 Å². The molecule has 4 nitrogen and oxygen atoms in total. The Balaban J connectivity index is 2.60. The van der Waals surface area contributed by atoms with Crippen LogP contribution in [0.15, 0.2) is 6.07 Å². The summed E-state index contributed by atoms with van der Waals surface area (Å²) in [5, 5.41) is 8.51. The molecule has 1 rings (SSSR count). The highest BCUT2D eigenvalue weighted by molar-refractivity contribution is 5.66. The lowest BCUT2D eigenvalue weighted by Gasteiger charge is -2.03. The molecule has 0 fully saturated rings. The monoisotopic (exact) mass is 208 g/mol. The third kappa shape index (κ3) is 4.06. The first-order chi connectivity index (χ1) is 7.11. The molecule has 0 radical (unpaired) electrons. The van der Waals surface area contributed by atoms with E-state index < -0.39 is 5.97 Å². The summed E-state index contributed by atoms with van der Waals surface area (Å²) in [5.41, 5.74) is 1.97. The van der Waals surface area contributed by atoms with Gasteiger partial charge in [0.15, 0.2) is 0 Å². The van der Waals surface area contributed by atoms with Crippen LogP contribution in [0.25, 0.3) is 0 Å². The second-order valence-electron chi connectivity index (χ2n) is 3.52. The van der Waals surface area contributed by atoms with E-state index in [1.807, 2.05) is 19.9 Å². The van der Waals surface area contributed by atoms with E-state index in [9.17, 15) is 4.79 Å². The summed E-state index contributed by atoms with van der Waals surface area (Å²) in [6.45, 7) is 3.98. The number of aromatic nitrogens is 2. The molecule has 0 aliphatic rings. The molecule has 0 aromatic carbocycles. The third-order valence-electron chi connectivity index (χ3n) is 2.11. The van der Waals surface area contributed by atoms with Crippen molar-refractivity contribution in [2.75, 3.05) is 0 Å². The molecule has 1 N–H and O–H groups in total. The molecule has 1 aromatic rings. The van der Waals surface area contributed by atoms with Crippen molar-refractivity contribution in [3.05, 3.63) is 23.3 Å². The number of aryl methyl sites for hydroxylation is 3. The Morgan fingerprint density at radius 2 is 2.20 bits per heavy atom. The van der Waals surface area contributed by atoms with Crippen molar-refractivity contribution in [2.24, 2.45) is 0 Å². The molecular formula is C11H16N2O2. The van der Waals surface area contributed by atoms with Crippen LogP contribution in [0.1, 0.15) is 37.0 Å². The van der Waals surface area contributed by atoms with Gasteiger partial charge >= 0.3 is 5.97 Å². The number of carboxylic acid groups (broad SMARTS) is 1. The van der Waals surface area contributed by atoms with Crippen LogP contribution >= 0.6 is 0 Å². The smallest absolute Gasteiger partial charge is 0.303 e. The van der Waals surface area contributed by atoms with Crippen molar-refractivity contribution in [3.8, 4) is 0 Å². The van der Waals surface area contributed by atoms with Crippen molar-refractivity contribution in [1.82, 2.24) is 9.97 Å². The molecule has 15 heavy (non-hydrogen) atoms. The summed E-state index contributed by atoms with van der Waals surface area (Å²) in [6.07, 6.45) is 2.30. The highest BCUT2D eigenvalue weighted by Gasteiger charge is 2.03. The Kier molecular flexibility index (Phi) is 4.21. The fourth-order valence-corrected chi connectivity index (χ4v) is 1.39. The van der Waals surface area contributed by atoms with Gasteiger partial charge in [-0.05, 0) is 25.8 Å². The van der Waals surface area contributed by atoms with Gasteiger partial charge in [-0.1, -0.05) is 6.92 Å². The molecule has 0 spiro atoms. The van der Waals surface area contributed by atoms with Gasteiger partial charge in [0.1, 0.15) is 5.82 Å². The fraction of sp³-hybridized carbons (Fsp3) is 0.545. The lowest BCUT2D eigenvalue weighted by molar-refractivity contribution is -0.137. The Labute approximate surface area is 89.4 Å². The summed E-state index contributed by atoms with van der Waals surface area (Å²) in [4.78, 5) is 19.0. The third-order valence-corrected chi connectivity index (χ3v) is 2.11. The van der Waals surface area contributed by atoms with E-state index in [0.29, 0.717) is 12.8 Å². The first-order valence-electron chi connectivity index (χ1n) is 5.17. The zero-order chi connectivity index (χ0) is 11.3. The standard InChI is InChI=1S/C11H16N2O2/c1-3-9-7-8(2)12-10(13-9)5-4-6-11(14)15/h7H,3-6H2,1-2H3,(H,14,15). The van der Waals surface area contributed by atoms with Crippen molar-refractivity contribution >= 4 is 5.97 Å². The number of hydrogen-bond donors (Lipinski definition) is 1. The minimum absolute atomic E-state index is 0.179. The molecule has 0 aliphatic carbocycles. The van der Waals surface area contributed by atoms with Gasteiger partial charge in [0.05, 0.1) is 0 Å². The highest BCUT2D eigenvalue weighted by Crippen LogP contribution is 2.04. The summed E-state index contributed by atoms with van der Waals surface area (Å²) < 4.78 is 0. The minimum atomic E-state index is -0.765. The summed E-state index contributed by atoms with van der Waals surface area (Å²) in [6, 6.07) is 1.96. The van der Waals surface area contributed by atoms with Gasteiger partial charge in [0, 0.05) is 24.2 Å². The van der Waals surface area contributed by atoms with Crippen LogP contribution < -0.4 is 0 Å². The van der Waals surface area contributed by atoms with Crippen molar-refractivity contribution in [1.29, 1.82) is 0 Å². The molecule has 4 heteroatoms. The van der Waals surface area contributed by atoms with Gasteiger partial charge in [0.25, 0.3) is 0 Å². The van der Waals surface area contributed by atoms with Gasteiger partial charge in [-0.3, -0.25) is 4.79 Å². The number of carbonyl (C=O) groups is 1. The molecule has 1 aromatic heterocycles. The molecule has 1 heterocycles. The normalized spacial score (nSPS) is 10.3. The Bertz CT molecular complexity index is 350. The number of rotatable bonds is 5. The van der Waals surface area contributed by atoms with E-state index in [1.165, 1.54) is 0 Å². The maximum Gasteiger partial charge on any atom is 0.303 e. The molecule has 0 saturated heterocycles. The van der Waals surface area contributed by atoms with Gasteiger partial charge in [-0.15, -0.1) is 0 Å². The van der Waals surface area contributed by atoms with Gasteiger partial charge in [0.2, 0.25) is 0 Å². The van der Waals surface area contributed by atoms with Gasteiger partial charge in [-0.25, -0.2) is 9.97 Å². The number of nitrogens with zero attached hydrogens (tertiary/aromatic N) is 2. The summed E-state index contributed by atoms with van der Waals surface area (Å²) in [5.74, 6) is -0.00790. The zero-order valence-corrected chi connectivity index (χ0v) is 9.16. The minimum Gasteiger partial charge on any atom is -0.481 e. The van der Waals surface area contributed by atoms with Crippen LogP contribution in [0.4, 0.5) is 0 Å². The molecular weight excluding hydrogens is 192 g/mol. The van der Waals surface area contributed by atoms with Crippen molar-refractivity contribution in [3.63, 3.8) is 0 Å². The van der Waals surface area contributed by atoms with E-state index in [1.54, 1.807) is 0 Å². The average Bonchev–Trinajstić information content (AvgIpc) is 2.16. The topological polar surface area (TPSA) is 63.1 Å². The van der Waals surface area contributed by atoms with Crippen molar-refractivity contribution in [2.45, 2.75) is 39.5 Å². The fourth-order valence-electron chi connectivity index (χ4n) is 1.39. The zero-order valence-electron chi connectivity index (χ0n) is 9.16. The molecule has 0 bridgehead atoms. The largest absolute Gasteiger partial charge is 0.481 e. The molecule has 0 aliphatic heterocycles. The van der Waals surface area contributed by atoms with E-state index in [-0.39, 0.29) is 6.42 Å².